The van der Waals surface area contributed by atoms with E-state index in [0.717, 1.165) is 6.42 Å². The van der Waals surface area contributed by atoms with E-state index in [9.17, 15) is 8.42 Å². The van der Waals surface area contributed by atoms with Crippen molar-refractivity contribution in [1.29, 1.82) is 0 Å². The molecule has 2 atom stereocenters. The third-order valence-electron chi connectivity index (χ3n) is 3.18. The minimum atomic E-state index is -3.58. The Hall–Kier alpha value is -1.25. The zero-order chi connectivity index (χ0) is 13.9. The molecule has 8 heteroatoms. The van der Waals surface area contributed by atoms with Gasteiger partial charge < -0.3 is 10.1 Å². The van der Waals surface area contributed by atoms with Gasteiger partial charge in [0.1, 0.15) is 4.90 Å². The second kappa shape index (κ2) is 5.81. The number of aromatic nitrogens is 2. The van der Waals surface area contributed by atoms with Crippen molar-refractivity contribution >= 4 is 16.0 Å². The first-order chi connectivity index (χ1) is 9.03. The van der Waals surface area contributed by atoms with Crippen molar-refractivity contribution in [2.45, 2.75) is 24.3 Å². The zero-order valence-electron chi connectivity index (χ0n) is 11.0. The average molecular weight is 286 g/mol. The summed E-state index contributed by atoms with van der Waals surface area (Å²) in [6, 6.07) is -0.170. The maximum atomic E-state index is 12.1. The largest absolute Gasteiger partial charge is 0.381 e. The molecule has 0 radical (unpaired) electrons. The van der Waals surface area contributed by atoms with Gasteiger partial charge in [-0.3, -0.25) is 0 Å². The lowest BCUT2D eigenvalue weighted by molar-refractivity contribution is 0.180. The van der Waals surface area contributed by atoms with Crippen LogP contribution in [-0.4, -0.2) is 44.7 Å². The van der Waals surface area contributed by atoms with Crippen LogP contribution in [-0.2, 0) is 14.8 Å². The molecule has 2 rings (SSSR count). The van der Waals surface area contributed by atoms with Crippen LogP contribution in [0.4, 0.5) is 5.95 Å². The minimum Gasteiger partial charge on any atom is -0.381 e. The Morgan fingerprint density at radius 2 is 2.11 bits per heavy atom. The van der Waals surface area contributed by atoms with Crippen molar-refractivity contribution in [2.24, 2.45) is 5.92 Å². The molecular formula is C11H18N4O3S. The van der Waals surface area contributed by atoms with Crippen LogP contribution in [0.1, 0.15) is 13.3 Å². The summed E-state index contributed by atoms with van der Waals surface area (Å²) in [4.78, 5) is 7.87. The first-order valence-corrected chi connectivity index (χ1v) is 7.61. The van der Waals surface area contributed by atoms with E-state index < -0.39 is 10.0 Å². The first kappa shape index (κ1) is 14.2. The van der Waals surface area contributed by atoms with Gasteiger partial charge in [0.2, 0.25) is 16.0 Å². The second-order valence-corrected chi connectivity index (χ2v) is 6.24. The molecular weight excluding hydrogens is 268 g/mol. The molecule has 2 heterocycles. The van der Waals surface area contributed by atoms with Crippen molar-refractivity contribution in [2.75, 3.05) is 25.6 Å². The molecule has 1 fully saturated rings. The quantitative estimate of drug-likeness (QED) is 0.804. The molecule has 1 saturated heterocycles. The fourth-order valence-electron chi connectivity index (χ4n) is 1.94. The minimum absolute atomic E-state index is 0.0669. The van der Waals surface area contributed by atoms with E-state index in [2.05, 4.69) is 20.0 Å². The Labute approximate surface area is 112 Å². The van der Waals surface area contributed by atoms with Crippen LogP contribution in [0.3, 0.4) is 0 Å². The molecule has 0 spiro atoms. The van der Waals surface area contributed by atoms with Crippen molar-refractivity contribution in [3.05, 3.63) is 12.4 Å². The van der Waals surface area contributed by atoms with E-state index in [1.54, 1.807) is 7.05 Å². The number of nitrogens with zero attached hydrogens (tertiary/aromatic N) is 2. The Bertz CT molecular complexity index is 511. The molecule has 7 nitrogen and oxygen atoms in total. The van der Waals surface area contributed by atoms with Crippen LogP contribution in [0.15, 0.2) is 17.3 Å². The fraction of sp³-hybridized carbons (Fsp3) is 0.636. The molecule has 1 aliphatic heterocycles. The summed E-state index contributed by atoms with van der Waals surface area (Å²) in [6.07, 6.45) is 3.46. The van der Waals surface area contributed by atoms with Gasteiger partial charge in [-0.2, -0.15) is 0 Å². The lowest BCUT2D eigenvalue weighted by Crippen LogP contribution is -2.38. The SMILES string of the molecule is CNc1ncc(S(=O)(=O)NC(C)C2CCOC2)cn1. The molecule has 2 N–H and O–H groups in total. The highest BCUT2D eigenvalue weighted by atomic mass is 32.2. The van der Waals surface area contributed by atoms with Gasteiger partial charge in [-0.25, -0.2) is 23.1 Å². The molecule has 19 heavy (non-hydrogen) atoms. The number of hydrogen-bond donors (Lipinski definition) is 2. The Balaban J connectivity index is 2.08. The maximum absolute atomic E-state index is 12.1. The molecule has 0 aliphatic carbocycles. The third kappa shape index (κ3) is 3.40. The highest BCUT2D eigenvalue weighted by Crippen LogP contribution is 2.18. The summed E-state index contributed by atoms with van der Waals surface area (Å²) in [5.74, 6) is 0.600. The normalized spacial score (nSPS) is 21.3. The molecule has 0 bridgehead atoms. The van der Waals surface area contributed by atoms with Gasteiger partial charge in [-0.15, -0.1) is 0 Å². The first-order valence-electron chi connectivity index (χ1n) is 6.13. The van der Waals surface area contributed by atoms with Crippen LogP contribution < -0.4 is 10.0 Å². The van der Waals surface area contributed by atoms with E-state index >= 15 is 0 Å². The van der Waals surface area contributed by atoms with E-state index in [4.69, 9.17) is 4.74 Å². The number of nitrogens with one attached hydrogen (secondary N) is 2. The van der Waals surface area contributed by atoms with Crippen LogP contribution in [0.5, 0.6) is 0 Å². The lowest BCUT2D eigenvalue weighted by atomic mass is 10.0. The number of sulfonamides is 1. The monoisotopic (exact) mass is 286 g/mol. The van der Waals surface area contributed by atoms with E-state index in [0.29, 0.717) is 19.2 Å². The summed E-state index contributed by atoms with van der Waals surface area (Å²) < 4.78 is 32.2. The van der Waals surface area contributed by atoms with Gasteiger partial charge in [-0.1, -0.05) is 0 Å². The zero-order valence-corrected chi connectivity index (χ0v) is 11.8. The summed E-state index contributed by atoms with van der Waals surface area (Å²) >= 11 is 0. The smallest absolute Gasteiger partial charge is 0.243 e. The van der Waals surface area contributed by atoms with Crippen molar-refractivity contribution < 1.29 is 13.2 Å². The van der Waals surface area contributed by atoms with Crippen molar-refractivity contribution in [3.8, 4) is 0 Å². The highest BCUT2D eigenvalue weighted by molar-refractivity contribution is 7.89. The number of rotatable bonds is 5. The number of anilines is 1. The van der Waals surface area contributed by atoms with Gasteiger partial charge >= 0.3 is 0 Å². The van der Waals surface area contributed by atoms with E-state index in [-0.39, 0.29) is 16.9 Å². The lowest BCUT2D eigenvalue weighted by Gasteiger charge is -2.18. The van der Waals surface area contributed by atoms with Gasteiger partial charge in [0.05, 0.1) is 19.0 Å². The standard InChI is InChI=1S/C11H18N4O3S/c1-8(9-3-4-18-7-9)15-19(16,17)10-5-13-11(12-2)14-6-10/h5-6,8-9,15H,3-4,7H2,1-2H3,(H,12,13,14). The predicted molar refractivity (Wildman–Crippen MR) is 70.3 cm³/mol. The third-order valence-corrected chi connectivity index (χ3v) is 4.69. The van der Waals surface area contributed by atoms with E-state index in [1.165, 1.54) is 12.4 Å². The molecule has 0 amide bonds. The topological polar surface area (TPSA) is 93.2 Å². The highest BCUT2D eigenvalue weighted by Gasteiger charge is 2.27. The van der Waals surface area contributed by atoms with Crippen molar-refractivity contribution in [3.63, 3.8) is 0 Å². The van der Waals surface area contributed by atoms with Crippen LogP contribution in [0.2, 0.25) is 0 Å². The summed E-state index contributed by atoms with van der Waals surface area (Å²) in [6.45, 7) is 3.13. The van der Waals surface area contributed by atoms with Crippen molar-refractivity contribution in [1.82, 2.24) is 14.7 Å². The predicted octanol–water partition coefficient (Wildman–Crippen LogP) is 0.222. The van der Waals surface area contributed by atoms with Gasteiger partial charge in [0.15, 0.2) is 0 Å². The second-order valence-electron chi connectivity index (χ2n) is 4.53. The van der Waals surface area contributed by atoms with Gasteiger partial charge in [0, 0.05) is 25.6 Å². The summed E-state index contributed by atoms with van der Waals surface area (Å²) in [5.41, 5.74) is 0. The average Bonchev–Trinajstić information content (AvgIpc) is 2.92. The summed E-state index contributed by atoms with van der Waals surface area (Å²) in [5, 5.41) is 2.74. The number of ether oxygens (including phenoxy) is 1. The maximum Gasteiger partial charge on any atom is 0.243 e. The molecule has 1 aromatic heterocycles. The fourth-order valence-corrected chi connectivity index (χ4v) is 3.14. The molecule has 2 unspecified atom stereocenters. The molecule has 106 valence electrons. The van der Waals surface area contributed by atoms with E-state index in [1.807, 2.05) is 6.92 Å². The molecule has 1 aromatic rings. The molecule has 0 saturated carbocycles. The van der Waals surface area contributed by atoms with Crippen LogP contribution in [0, 0.1) is 5.92 Å². The Kier molecular flexibility index (Phi) is 4.33. The van der Waals surface area contributed by atoms with Gasteiger partial charge in [0.25, 0.3) is 0 Å². The van der Waals surface area contributed by atoms with Gasteiger partial charge in [-0.05, 0) is 13.3 Å². The molecule has 1 aliphatic rings. The summed E-state index contributed by atoms with van der Waals surface area (Å²) in [7, 11) is -1.91. The number of hydrogen-bond acceptors (Lipinski definition) is 6. The van der Waals surface area contributed by atoms with Crippen LogP contribution >= 0.6 is 0 Å². The Morgan fingerprint density at radius 1 is 1.42 bits per heavy atom. The van der Waals surface area contributed by atoms with Crippen LogP contribution in [0.25, 0.3) is 0 Å². The molecule has 0 aromatic carbocycles. The Morgan fingerprint density at radius 3 is 2.63 bits per heavy atom.